The van der Waals surface area contributed by atoms with Gasteiger partial charge < -0.3 is 15.3 Å². The van der Waals surface area contributed by atoms with E-state index in [9.17, 15) is 14.7 Å². The highest BCUT2D eigenvalue weighted by Crippen LogP contribution is 2.30. The quantitative estimate of drug-likeness (QED) is 0.478. The molecule has 9 heteroatoms. The standard InChI is InChI=1S/C22H21ClN4O3S/c23-16-6-7-18(28)17(12-16)25-20(29)15-8-10-27(11-9-15)22(30)26-21-24-13-19(31-21)14-4-2-1-3-5-14/h1-7,12-13,15,28H,8-11H2,(H,25,29)(H,24,26,30). The number of carbonyl (C=O) groups excluding carboxylic acids is 2. The van der Waals surface area contributed by atoms with Crippen LogP contribution in [0.15, 0.2) is 54.7 Å². The highest BCUT2D eigenvalue weighted by atomic mass is 35.5. The summed E-state index contributed by atoms with van der Waals surface area (Å²) in [5.41, 5.74) is 1.34. The van der Waals surface area contributed by atoms with Crippen LogP contribution in [0.3, 0.4) is 0 Å². The van der Waals surface area contributed by atoms with Crippen molar-refractivity contribution in [3.05, 3.63) is 59.8 Å². The maximum atomic E-state index is 12.6. The number of rotatable bonds is 4. The Morgan fingerprint density at radius 3 is 2.58 bits per heavy atom. The summed E-state index contributed by atoms with van der Waals surface area (Å²) >= 11 is 7.34. The number of likely N-dealkylation sites (tertiary alicyclic amines) is 1. The van der Waals surface area contributed by atoms with Crippen LogP contribution in [0.25, 0.3) is 10.4 Å². The summed E-state index contributed by atoms with van der Waals surface area (Å²) in [6.45, 7) is 0.921. The highest BCUT2D eigenvalue weighted by Gasteiger charge is 2.28. The number of hydrogen-bond acceptors (Lipinski definition) is 5. The maximum absolute atomic E-state index is 12.6. The largest absolute Gasteiger partial charge is 0.506 e. The molecule has 1 aliphatic heterocycles. The lowest BCUT2D eigenvalue weighted by Gasteiger charge is -2.31. The average Bonchev–Trinajstić information content (AvgIpc) is 3.25. The number of thiazole rings is 1. The maximum Gasteiger partial charge on any atom is 0.323 e. The molecule has 0 aliphatic carbocycles. The molecule has 7 nitrogen and oxygen atoms in total. The first-order valence-corrected chi connectivity index (χ1v) is 11.1. The van der Waals surface area contributed by atoms with Crippen LogP contribution in [0.2, 0.25) is 5.02 Å². The number of amides is 3. The van der Waals surface area contributed by atoms with E-state index in [0.717, 1.165) is 10.4 Å². The van der Waals surface area contributed by atoms with Crippen LogP contribution < -0.4 is 10.6 Å². The third kappa shape index (κ3) is 5.15. The topological polar surface area (TPSA) is 94.6 Å². The first kappa shape index (κ1) is 21.1. The number of aromatic hydroxyl groups is 1. The van der Waals surface area contributed by atoms with Gasteiger partial charge in [-0.1, -0.05) is 53.3 Å². The molecular weight excluding hydrogens is 436 g/mol. The lowest BCUT2D eigenvalue weighted by atomic mass is 9.96. The predicted molar refractivity (Wildman–Crippen MR) is 123 cm³/mol. The molecule has 0 bridgehead atoms. The van der Waals surface area contributed by atoms with Crippen molar-refractivity contribution < 1.29 is 14.7 Å². The molecule has 1 saturated heterocycles. The number of anilines is 2. The summed E-state index contributed by atoms with van der Waals surface area (Å²) in [4.78, 5) is 32.1. The molecule has 0 atom stereocenters. The molecular formula is C22H21ClN4O3S. The molecule has 1 aromatic heterocycles. The number of carbonyl (C=O) groups is 2. The van der Waals surface area contributed by atoms with E-state index >= 15 is 0 Å². The monoisotopic (exact) mass is 456 g/mol. The van der Waals surface area contributed by atoms with E-state index in [1.807, 2.05) is 30.3 Å². The average molecular weight is 457 g/mol. The summed E-state index contributed by atoms with van der Waals surface area (Å²) in [6.07, 6.45) is 2.82. The Morgan fingerprint density at radius 1 is 1.10 bits per heavy atom. The van der Waals surface area contributed by atoms with Gasteiger partial charge in [0, 0.05) is 30.2 Å². The SMILES string of the molecule is O=C(Nc1cc(Cl)ccc1O)C1CCN(C(=O)Nc2ncc(-c3ccccc3)s2)CC1. The van der Waals surface area contributed by atoms with Gasteiger partial charge in [-0.05, 0) is 36.6 Å². The predicted octanol–water partition coefficient (Wildman–Crippen LogP) is 5.05. The third-order valence-corrected chi connectivity index (χ3v) is 6.34. The molecule has 0 spiro atoms. The number of aromatic nitrogens is 1. The number of nitrogens with one attached hydrogen (secondary N) is 2. The molecule has 1 fully saturated rings. The Kier molecular flexibility index (Phi) is 6.39. The normalized spacial score (nSPS) is 14.3. The van der Waals surface area contributed by atoms with Crippen LogP contribution in [0, 0.1) is 5.92 Å². The summed E-state index contributed by atoms with van der Waals surface area (Å²) in [6, 6.07) is 14.1. The molecule has 3 amide bonds. The summed E-state index contributed by atoms with van der Waals surface area (Å²) in [5, 5.41) is 16.4. The van der Waals surface area contributed by atoms with Crippen molar-refractivity contribution in [3.63, 3.8) is 0 Å². The molecule has 160 valence electrons. The molecule has 4 rings (SSSR count). The molecule has 2 aromatic carbocycles. The first-order chi connectivity index (χ1) is 15.0. The van der Waals surface area contributed by atoms with Crippen molar-refractivity contribution in [3.8, 4) is 16.2 Å². The Labute approximate surface area is 188 Å². The van der Waals surface area contributed by atoms with Gasteiger partial charge in [-0.2, -0.15) is 0 Å². The molecule has 0 unspecified atom stereocenters. The summed E-state index contributed by atoms with van der Waals surface area (Å²) in [7, 11) is 0. The van der Waals surface area contributed by atoms with Crippen molar-refractivity contribution in [2.45, 2.75) is 12.8 Å². The highest BCUT2D eigenvalue weighted by molar-refractivity contribution is 7.19. The van der Waals surface area contributed by atoms with Crippen LogP contribution in [-0.2, 0) is 4.79 Å². The van der Waals surface area contributed by atoms with Gasteiger partial charge in [0.1, 0.15) is 5.75 Å². The van der Waals surface area contributed by atoms with Crippen molar-refractivity contribution in [2.24, 2.45) is 5.92 Å². The molecule has 31 heavy (non-hydrogen) atoms. The van der Waals surface area contributed by atoms with Gasteiger partial charge in [0.25, 0.3) is 0 Å². The Balaban J connectivity index is 1.29. The van der Waals surface area contributed by atoms with Gasteiger partial charge in [-0.3, -0.25) is 10.1 Å². The van der Waals surface area contributed by atoms with Gasteiger partial charge in [-0.25, -0.2) is 9.78 Å². The zero-order valence-electron chi connectivity index (χ0n) is 16.5. The van der Waals surface area contributed by atoms with E-state index in [1.54, 1.807) is 17.2 Å². The van der Waals surface area contributed by atoms with Crippen LogP contribution in [0.1, 0.15) is 12.8 Å². The number of phenols is 1. The van der Waals surface area contributed by atoms with E-state index in [-0.39, 0.29) is 29.3 Å². The number of halogens is 1. The lowest BCUT2D eigenvalue weighted by molar-refractivity contribution is -0.121. The molecule has 0 saturated carbocycles. The Bertz CT molecular complexity index is 1080. The molecule has 1 aliphatic rings. The summed E-state index contributed by atoms with van der Waals surface area (Å²) < 4.78 is 0. The molecule has 0 radical (unpaired) electrons. The molecule has 2 heterocycles. The number of phenolic OH excluding ortho intramolecular Hbond substituents is 1. The van der Waals surface area contributed by atoms with E-state index in [4.69, 9.17) is 11.6 Å². The number of hydrogen-bond donors (Lipinski definition) is 3. The molecule has 3 aromatic rings. The number of nitrogens with zero attached hydrogens (tertiary/aromatic N) is 2. The van der Waals surface area contributed by atoms with E-state index in [1.165, 1.54) is 23.5 Å². The zero-order valence-corrected chi connectivity index (χ0v) is 18.1. The fourth-order valence-corrected chi connectivity index (χ4v) is 4.41. The summed E-state index contributed by atoms with van der Waals surface area (Å²) in [5.74, 6) is -0.468. The van der Waals surface area contributed by atoms with Gasteiger partial charge in [0.05, 0.1) is 10.6 Å². The zero-order chi connectivity index (χ0) is 21.8. The number of piperidine rings is 1. The van der Waals surface area contributed by atoms with Crippen molar-refractivity contribution in [1.82, 2.24) is 9.88 Å². The first-order valence-electron chi connectivity index (χ1n) is 9.86. The number of urea groups is 1. The van der Waals surface area contributed by atoms with Gasteiger partial charge in [0.15, 0.2) is 5.13 Å². The van der Waals surface area contributed by atoms with Gasteiger partial charge in [0.2, 0.25) is 5.91 Å². The van der Waals surface area contributed by atoms with Crippen LogP contribution in [-0.4, -0.2) is 40.0 Å². The second-order valence-corrected chi connectivity index (χ2v) is 8.70. The fourth-order valence-electron chi connectivity index (χ4n) is 3.43. The third-order valence-electron chi connectivity index (χ3n) is 5.15. The number of benzene rings is 2. The fraction of sp³-hybridized carbons (Fsp3) is 0.227. The van der Waals surface area contributed by atoms with E-state index in [0.29, 0.717) is 36.1 Å². The van der Waals surface area contributed by atoms with Crippen molar-refractivity contribution in [2.75, 3.05) is 23.7 Å². The Hall–Kier alpha value is -3.10. The van der Waals surface area contributed by atoms with Gasteiger partial charge in [-0.15, -0.1) is 0 Å². The lowest BCUT2D eigenvalue weighted by Crippen LogP contribution is -2.43. The molecule has 3 N–H and O–H groups in total. The van der Waals surface area contributed by atoms with Crippen LogP contribution in [0.5, 0.6) is 5.75 Å². The smallest absolute Gasteiger partial charge is 0.323 e. The van der Waals surface area contributed by atoms with E-state index in [2.05, 4.69) is 15.6 Å². The van der Waals surface area contributed by atoms with Crippen LogP contribution in [0.4, 0.5) is 15.6 Å². The van der Waals surface area contributed by atoms with E-state index < -0.39 is 0 Å². The van der Waals surface area contributed by atoms with Crippen LogP contribution >= 0.6 is 22.9 Å². The Morgan fingerprint density at radius 2 is 1.84 bits per heavy atom. The minimum absolute atomic E-state index is 0.0344. The minimum Gasteiger partial charge on any atom is -0.506 e. The minimum atomic E-state index is -0.244. The van der Waals surface area contributed by atoms with Crippen molar-refractivity contribution in [1.29, 1.82) is 0 Å². The van der Waals surface area contributed by atoms with Crippen molar-refractivity contribution >= 4 is 45.7 Å². The second-order valence-electron chi connectivity index (χ2n) is 7.24. The second kappa shape index (κ2) is 9.36. The van der Waals surface area contributed by atoms with Gasteiger partial charge >= 0.3 is 6.03 Å².